The molecule has 1 N–H and O–H groups in total. The second kappa shape index (κ2) is 7.58. The van der Waals surface area contributed by atoms with Gasteiger partial charge in [-0.3, -0.25) is 4.72 Å². The fourth-order valence-corrected chi connectivity index (χ4v) is 3.77. The molecular formula is C21H14N4O3S. The van der Waals surface area contributed by atoms with Gasteiger partial charge in [-0.2, -0.15) is 10.2 Å². The molecule has 1 heterocycles. The second-order valence-electron chi connectivity index (χ2n) is 6.11. The maximum absolute atomic E-state index is 12.7. The summed E-state index contributed by atoms with van der Waals surface area (Å²) in [7, 11) is -3.83. The number of anilines is 1. The van der Waals surface area contributed by atoms with Crippen LogP contribution in [0.4, 0.5) is 5.69 Å². The van der Waals surface area contributed by atoms with Gasteiger partial charge in [0.15, 0.2) is 0 Å². The van der Waals surface area contributed by atoms with E-state index < -0.39 is 10.0 Å². The van der Waals surface area contributed by atoms with Crippen LogP contribution in [0.25, 0.3) is 22.8 Å². The first-order chi connectivity index (χ1) is 14.0. The third-order valence-corrected chi connectivity index (χ3v) is 5.49. The minimum Gasteiger partial charge on any atom is -0.334 e. The molecule has 0 unspecified atom stereocenters. The van der Waals surface area contributed by atoms with E-state index in [0.29, 0.717) is 22.6 Å². The summed E-state index contributed by atoms with van der Waals surface area (Å²) >= 11 is 0. The minimum absolute atomic E-state index is 0.0545. The van der Waals surface area contributed by atoms with Gasteiger partial charge in [0.05, 0.1) is 16.5 Å². The summed E-state index contributed by atoms with van der Waals surface area (Å²) in [6, 6.07) is 23.7. The first kappa shape index (κ1) is 18.4. The quantitative estimate of drug-likeness (QED) is 0.539. The van der Waals surface area contributed by atoms with Crippen molar-refractivity contribution in [2.45, 2.75) is 4.90 Å². The molecule has 7 nitrogen and oxygen atoms in total. The molecular weight excluding hydrogens is 388 g/mol. The van der Waals surface area contributed by atoms with E-state index in [1.54, 1.807) is 12.1 Å². The highest BCUT2D eigenvalue weighted by Crippen LogP contribution is 2.25. The van der Waals surface area contributed by atoms with Gasteiger partial charge in [-0.05, 0) is 42.5 Å². The fourth-order valence-electron chi connectivity index (χ4n) is 2.67. The Kier molecular flexibility index (Phi) is 4.81. The second-order valence-corrected chi connectivity index (χ2v) is 7.79. The average Bonchev–Trinajstić information content (AvgIpc) is 3.25. The molecule has 3 aromatic carbocycles. The fraction of sp³-hybridized carbons (Fsp3) is 0. The van der Waals surface area contributed by atoms with Crippen molar-refractivity contribution in [2.24, 2.45) is 0 Å². The number of nitrogens with zero attached hydrogens (tertiary/aromatic N) is 3. The highest BCUT2D eigenvalue weighted by atomic mass is 32.2. The van der Waals surface area contributed by atoms with Crippen LogP contribution in [0, 0.1) is 11.3 Å². The van der Waals surface area contributed by atoms with E-state index in [1.807, 2.05) is 36.4 Å². The Hall–Kier alpha value is -3.96. The van der Waals surface area contributed by atoms with E-state index in [1.165, 1.54) is 36.4 Å². The molecule has 0 saturated carbocycles. The van der Waals surface area contributed by atoms with Crippen LogP contribution in [-0.2, 0) is 10.0 Å². The van der Waals surface area contributed by atoms with E-state index in [0.717, 1.165) is 5.56 Å². The molecule has 0 aliphatic heterocycles. The van der Waals surface area contributed by atoms with Gasteiger partial charge in [-0.15, -0.1) is 0 Å². The molecule has 0 fully saturated rings. The lowest BCUT2D eigenvalue weighted by Crippen LogP contribution is -2.12. The number of aromatic nitrogens is 2. The van der Waals surface area contributed by atoms with Crippen LogP contribution in [0.2, 0.25) is 0 Å². The van der Waals surface area contributed by atoms with Crippen molar-refractivity contribution in [3.05, 3.63) is 84.4 Å². The van der Waals surface area contributed by atoms with Crippen LogP contribution in [0.15, 0.2) is 88.3 Å². The lowest BCUT2D eigenvalue weighted by Gasteiger charge is -2.08. The third kappa shape index (κ3) is 4.00. The molecule has 4 aromatic rings. The summed E-state index contributed by atoms with van der Waals surface area (Å²) in [4.78, 5) is 4.41. The molecule has 1 aromatic heterocycles. The molecule has 0 radical (unpaired) electrons. The molecule has 0 atom stereocenters. The summed E-state index contributed by atoms with van der Waals surface area (Å²) in [5, 5.41) is 12.8. The largest absolute Gasteiger partial charge is 0.334 e. The number of hydrogen-bond donors (Lipinski definition) is 1. The van der Waals surface area contributed by atoms with Crippen molar-refractivity contribution in [2.75, 3.05) is 4.72 Å². The molecule has 0 amide bonds. The molecule has 0 bridgehead atoms. The predicted octanol–water partition coefficient (Wildman–Crippen LogP) is 4.08. The number of sulfonamides is 1. The van der Waals surface area contributed by atoms with Gasteiger partial charge < -0.3 is 4.52 Å². The predicted molar refractivity (Wildman–Crippen MR) is 107 cm³/mol. The molecule has 0 aliphatic rings. The van der Waals surface area contributed by atoms with Crippen molar-refractivity contribution in [1.29, 1.82) is 5.26 Å². The molecule has 29 heavy (non-hydrogen) atoms. The lowest BCUT2D eigenvalue weighted by atomic mass is 10.2. The van der Waals surface area contributed by atoms with Gasteiger partial charge >= 0.3 is 0 Å². The number of nitrogens with one attached hydrogen (secondary N) is 1. The molecule has 0 saturated heterocycles. The Morgan fingerprint density at radius 3 is 2.34 bits per heavy atom. The maximum atomic E-state index is 12.7. The van der Waals surface area contributed by atoms with Gasteiger partial charge in [0, 0.05) is 16.8 Å². The zero-order chi connectivity index (χ0) is 20.3. The Bertz CT molecular complexity index is 1290. The number of rotatable bonds is 5. The van der Waals surface area contributed by atoms with Crippen LogP contribution in [0.5, 0.6) is 0 Å². The van der Waals surface area contributed by atoms with Crippen LogP contribution < -0.4 is 4.72 Å². The van der Waals surface area contributed by atoms with Crippen LogP contribution in [0.3, 0.4) is 0 Å². The summed E-state index contributed by atoms with van der Waals surface area (Å²) in [5.41, 5.74) is 2.09. The monoisotopic (exact) mass is 402 g/mol. The molecule has 0 spiro atoms. The Morgan fingerprint density at radius 2 is 1.62 bits per heavy atom. The number of hydrogen-bond acceptors (Lipinski definition) is 6. The first-order valence-corrected chi connectivity index (χ1v) is 10.1. The summed E-state index contributed by atoms with van der Waals surface area (Å²) in [5.74, 6) is 0.642. The summed E-state index contributed by atoms with van der Waals surface area (Å²) in [6.07, 6.45) is 0. The van der Waals surface area contributed by atoms with E-state index in [-0.39, 0.29) is 10.8 Å². The standard InChI is InChI=1S/C21H14N4O3S/c22-14-15-9-11-18(12-10-15)25-29(26,27)19-8-4-7-17(13-19)21-23-20(24-28-21)16-5-2-1-3-6-16/h1-13,25H. The van der Waals surface area contributed by atoms with Crippen molar-refractivity contribution < 1.29 is 12.9 Å². The van der Waals surface area contributed by atoms with Crippen LogP contribution >= 0.6 is 0 Å². The topological polar surface area (TPSA) is 109 Å². The van der Waals surface area contributed by atoms with Crippen molar-refractivity contribution >= 4 is 15.7 Å². The van der Waals surface area contributed by atoms with E-state index in [4.69, 9.17) is 9.78 Å². The van der Waals surface area contributed by atoms with Crippen LogP contribution in [-0.4, -0.2) is 18.6 Å². The zero-order valence-electron chi connectivity index (χ0n) is 15.0. The molecule has 0 aliphatic carbocycles. The number of nitriles is 1. The highest BCUT2D eigenvalue weighted by Gasteiger charge is 2.17. The first-order valence-electron chi connectivity index (χ1n) is 8.58. The van der Waals surface area contributed by atoms with Gasteiger partial charge in [0.25, 0.3) is 15.9 Å². The number of benzene rings is 3. The van der Waals surface area contributed by atoms with Crippen LogP contribution in [0.1, 0.15) is 5.56 Å². The van der Waals surface area contributed by atoms with E-state index >= 15 is 0 Å². The maximum Gasteiger partial charge on any atom is 0.261 e. The minimum atomic E-state index is -3.83. The highest BCUT2D eigenvalue weighted by molar-refractivity contribution is 7.92. The van der Waals surface area contributed by atoms with Crippen molar-refractivity contribution in [3.63, 3.8) is 0 Å². The molecule has 8 heteroatoms. The SMILES string of the molecule is N#Cc1ccc(NS(=O)(=O)c2cccc(-c3nc(-c4ccccc4)no3)c2)cc1. The van der Waals surface area contributed by atoms with E-state index in [2.05, 4.69) is 14.9 Å². The van der Waals surface area contributed by atoms with Gasteiger partial charge in [0.1, 0.15) is 0 Å². The summed E-state index contributed by atoms with van der Waals surface area (Å²) in [6.45, 7) is 0. The smallest absolute Gasteiger partial charge is 0.261 e. The Balaban J connectivity index is 1.61. The zero-order valence-corrected chi connectivity index (χ0v) is 15.8. The van der Waals surface area contributed by atoms with Gasteiger partial charge in [-0.25, -0.2) is 8.42 Å². The Labute approximate surface area is 167 Å². The lowest BCUT2D eigenvalue weighted by molar-refractivity contribution is 0.432. The average molecular weight is 402 g/mol. The normalized spacial score (nSPS) is 11.0. The van der Waals surface area contributed by atoms with Crippen molar-refractivity contribution in [3.8, 4) is 28.9 Å². The summed E-state index contributed by atoms with van der Waals surface area (Å²) < 4.78 is 33.2. The molecule has 142 valence electrons. The van der Waals surface area contributed by atoms with E-state index in [9.17, 15) is 8.42 Å². The van der Waals surface area contributed by atoms with Gasteiger partial charge in [0.2, 0.25) is 5.82 Å². The molecule has 4 rings (SSSR count). The third-order valence-electron chi connectivity index (χ3n) is 4.12. The Morgan fingerprint density at radius 1 is 0.897 bits per heavy atom. The van der Waals surface area contributed by atoms with Crippen molar-refractivity contribution in [1.82, 2.24) is 10.1 Å². The van der Waals surface area contributed by atoms with Gasteiger partial charge in [-0.1, -0.05) is 41.6 Å².